The van der Waals surface area contributed by atoms with Crippen LogP contribution in [0.3, 0.4) is 0 Å². The van der Waals surface area contributed by atoms with Crippen molar-refractivity contribution in [2.75, 3.05) is 7.05 Å². The number of hydrogen-bond acceptors (Lipinski definition) is 4. The Morgan fingerprint density at radius 2 is 2.11 bits per heavy atom. The van der Waals surface area contributed by atoms with Crippen molar-refractivity contribution in [2.24, 2.45) is 0 Å². The third-order valence-electron chi connectivity index (χ3n) is 2.39. The van der Waals surface area contributed by atoms with E-state index in [0.29, 0.717) is 5.75 Å². The summed E-state index contributed by atoms with van der Waals surface area (Å²) in [5.41, 5.74) is 1.37. The van der Waals surface area contributed by atoms with Gasteiger partial charge in [0.25, 0.3) is 0 Å². The standard InChI is InChI=1S/C12H18NO2PS2/c1-4-11(2)18-16(14,13(3)10-17)15-12-8-6-5-7-9-12/h5-11H,4H2,1-3H3. The van der Waals surface area contributed by atoms with Gasteiger partial charge in [-0.25, -0.2) is 4.57 Å². The fourth-order valence-corrected chi connectivity index (χ4v) is 5.90. The Morgan fingerprint density at radius 3 is 2.61 bits per heavy atom. The summed E-state index contributed by atoms with van der Waals surface area (Å²) in [7, 11) is 1.69. The van der Waals surface area contributed by atoms with Crippen LogP contribution in [-0.4, -0.2) is 22.5 Å². The molecule has 2 unspecified atom stereocenters. The first-order valence-corrected chi connectivity index (χ1v) is 9.27. The third-order valence-corrected chi connectivity index (χ3v) is 8.03. The minimum Gasteiger partial charge on any atom is -0.422 e. The van der Waals surface area contributed by atoms with Crippen molar-refractivity contribution < 1.29 is 9.09 Å². The first-order chi connectivity index (χ1) is 8.51. The molecule has 6 heteroatoms. The number of hydrogen-bond donors (Lipinski definition) is 0. The average Bonchev–Trinajstić information content (AvgIpc) is 2.38. The van der Waals surface area contributed by atoms with Gasteiger partial charge in [0, 0.05) is 12.3 Å². The molecule has 0 spiro atoms. The summed E-state index contributed by atoms with van der Waals surface area (Å²) in [6.07, 6.45) is 0.929. The van der Waals surface area contributed by atoms with Crippen LogP contribution in [0.4, 0.5) is 0 Å². The van der Waals surface area contributed by atoms with E-state index in [0.717, 1.165) is 6.42 Å². The molecule has 1 aromatic rings. The molecule has 0 aliphatic heterocycles. The molecule has 0 radical (unpaired) electrons. The minimum absolute atomic E-state index is 0.247. The molecule has 2 atom stereocenters. The average molecular weight is 303 g/mol. The van der Waals surface area contributed by atoms with Crippen molar-refractivity contribution in [3.8, 4) is 5.75 Å². The topological polar surface area (TPSA) is 29.5 Å². The fraction of sp³-hybridized carbons (Fsp3) is 0.417. The van der Waals surface area contributed by atoms with Crippen LogP contribution in [0.25, 0.3) is 0 Å². The summed E-state index contributed by atoms with van der Waals surface area (Å²) >= 11 is 6.20. The first-order valence-electron chi connectivity index (χ1n) is 5.73. The van der Waals surface area contributed by atoms with E-state index in [9.17, 15) is 4.57 Å². The molecule has 0 N–H and O–H groups in total. The van der Waals surface area contributed by atoms with E-state index in [2.05, 4.69) is 6.92 Å². The van der Waals surface area contributed by atoms with Gasteiger partial charge < -0.3 is 4.52 Å². The van der Waals surface area contributed by atoms with Crippen LogP contribution in [0.5, 0.6) is 5.75 Å². The lowest BCUT2D eigenvalue weighted by molar-refractivity contribution is 0.463. The van der Waals surface area contributed by atoms with E-state index in [-0.39, 0.29) is 5.25 Å². The molecule has 0 fully saturated rings. The van der Waals surface area contributed by atoms with E-state index in [1.54, 1.807) is 19.2 Å². The van der Waals surface area contributed by atoms with Crippen molar-refractivity contribution in [1.82, 2.24) is 4.67 Å². The highest BCUT2D eigenvalue weighted by Crippen LogP contribution is 2.62. The molecule has 0 saturated carbocycles. The molecule has 0 aliphatic rings. The molecule has 0 aromatic heterocycles. The van der Waals surface area contributed by atoms with Gasteiger partial charge in [-0.15, -0.1) is 0 Å². The van der Waals surface area contributed by atoms with Gasteiger partial charge in [0.15, 0.2) is 0 Å². The van der Waals surface area contributed by atoms with Gasteiger partial charge in [0.1, 0.15) is 5.75 Å². The smallest absolute Gasteiger partial charge is 0.402 e. The van der Waals surface area contributed by atoms with Crippen molar-refractivity contribution >= 4 is 35.8 Å². The van der Waals surface area contributed by atoms with Crippen LogP contribution >= 0.6 is 30.3 Å². The monoisotopic (exact) mass is 303 g/mol. The van der Waals surface area contributed by atoms with Crippen LogP contribution in [-0.2, 0) is 4.57 Å². The first kappa shape index (κ1) is 15.5. The largest absolute Gasteiger partial charge is 0.422 e. The molecular weight excluding hydrogens is 285 g/mol. The quantitative estimate of drug-likeness (QED) is 0.543. The van der Waals surface area contributed by atoms with Crippen LogP contribution in [0, 0.1) is 0 Å². The number of thiocarbonyl (C=S) groups is 1. The van der Waals surface area contributed by atoms with Crippen molar-refractivity contribution in [2.45, 2.75) is 25.5 Å². The second kappa shape index (κ2) is 7.17. The van der Waals surface area contributed by atoms with Gasteiger partial charge in [-0.2, -0.15) is 0 Å². The maximum Gasteiger partial charge on any atom is 0.402 e. The predicted octanol–water partition coefficient (Wildman–Crippen LogP) is 4.59. The van der Waals surface area contributed by atoms with Gasteiger partial charge >= 0.3 is 6.72 Å². The lowest BCUT2D eigenvalue weighted by Crippen LogP contribution is -2.15. The molecule has 1 aromatic carbocycles. The summed E-state index contributed by atoms with van der Waals surface area (Å²) in [4.78, 5) is 0. The highest BCUT2D eigenvalue weighted by molar-refractivity contribution is 8.56. The normalized spacial score (nSPS) is 15.5. The summed E-state index contributed by atoms with van der Waals surface area (Å²) in [6, 6.07) is 9.18. The number of benzene rings is 1. The Labute approximate surface area is 118 Å². The fourth-order valence-electron chi connectivity index (χ4n) is 1.13. The molecule has 0 amide bonds. The van der Waals surface area contributed by atoms with E-state index >= 15 is 0 Å². The second-order valence-corrected chi connectivity index (χ2v) is 8.87. The molecule has 0 saturated heterocycles. The Kier molecular flexibility index (Phi) is 6.19. The van der Waals surface area contributed by atoms with Gasteiger partial charge in [-0.05, 0) is 29.9 Å². The maximum absolute atomic E-state index is 12.9. The zero-order chi connectivity index (χ0) is 13.6. The zero-order valence-corrected chi connectivity index (χ0v) is 13.3. The van der Waals surface area contributed by atoms with E-state index < -0.39 is 6.72 Å². The van der Waals surface area contributed by atoms with Crippen molar-refractivity contribution in [3.63, 3.8) is 0 Å². The molecule has 100 valence electrons. The third kappa shape index (κ3) is 4.30. The number of rotatable bonds is 7. The Hall–Kier alpha value is -0.510. The molecule has 18 heavy (non-hydrogen) atoms. The number of para-hydroxylation sites is 1. The van der Waals surface area contributed by atoms with Crippen LogP contribution in [0.1, 0.15) is 20.3 Å². The van der Waals surface area contributed by atoms with Gasteiger partial charge in [-0.1, -0.05) is 44.3 Å². The predicted molar refractivity (Wildman–Crippen MR) is 83.4 cm³/mol. The lowest BCUT2D eigenvalue weighted by atomic mass is 10.3. The summed E-state index contributed by atoms with van der Waals surface area (Å²) < 4.78 is 20.0. The molecule has 3 nitrogen and oxygen atoms in total. The Morgan fingerprint density at radius 1 is 1.50 bits per heavy atom. The summed E-state index contributed by atoms with van der Waals surface area (Å²) in [5, 5.41) is 0.247. The highest BCUT2D eigenvalue weighted by atomic mass is 32.7. The summed E-state index contributed by atoms with van der Waals surface area (Å²) in [6.45, 7) is 1.07. The van der Waals surface area contributed by atoms with Crippen molar-refractivity contribution in [3.05, 3.63) is 30.3 Å². The highest BCUT2D eigenvalue weighted by Gasteiger charge is 2.32. The zero-order valence-electron chi connectivity index (χ0n) is 10.8. The molecule has 0 bridgehead atoms. The van der Waals surface area contributed by atoms with E-state index in [4.69, 9.17) is 16.7 Å². The lowest BCUT2D eigenvalue weighted by Gasteiger charge is -2.27. The Bertz CT molecular complexity index is 427. The SMILES string of the molecule is CCC(C)SP(=O)(Oc1ccccc1)N(C)C=S. The van der Waals surface area contributed by atoms with Crippen LogP contribution < -0.4 is 4.52 Å². The number of nitrogens with zero attached hydrogens (tertiary/aromatic N) is 1. The van der Waals surface area contributed by atoms with Gasteiger partial charge in [0.2, 0.25) is 0 Å². The maximum atomic E-state index is 12.9. The van der Waals surface area contributed by atoms with Crippen LogP contribution in [0.15, 0.2) is 30.3 Å². The second-order valence-electron chi connectivity index (χ2n) is 3.88. The molecule has 0 aliphatic carbocycles. The van der Waals surface area contributed by atoms with E-state index in [1.165, 1.54) is 21.5 Å². The van der Waals surface area contributed by atoms with Gasteiger partial charge in [-0.3, -0.25) is 4.67 Å². The van der Waals surface area contributed by atoms with Crippen molar-refractivity contribution in [1.29, 1.82) is 0 Å². The molecule has 0 heterocycles. The minimum atomic E-state index is -3.01. The van der Waals surface area contributed by atoms with Crippen LogP contribution in [0.2, 0.25) is 0 Å². The summed E-state index contributed by atoms with van der Waals surface area (Å²) in [5.74, 6) is 0.598. The molecule has 1 rings (SSSR count). The Balaban J connectivity index is 2.91. The van der Waals surface area contributed by atoms with E-state index in [1.807, 2.05) is 25.1 Å². The van der Waals surface area contributed by atoms with Gasteiger partial charge in [0.05, 0.1) is 5.49 Å². The molecular formula is C12H18NO2PS2.